The number of ether oxygens (including phenoxy) is 1. The van der Waals surface area contributed by atoms with Crippen LogP contribution in [0, 0.1) is 0 Å². The molecule has 0 aliphatic rings. The molecule has 0 saturated heterocycles. The highest BCUT2D eigenvalue weighted by molar-refractivity contribution is 5.78. The third-order valence-electron chi connectivity index (χ3n) is 1.88. The minimum atomic E-state index is -0.436. The van der Waals surface area contributed by atoms with E-state index in [1.807, 2.05) is 20.8 Å². The van der Waals surface area contributed by atoms with E-state index in [0.29, 0.717) is 0 Å². The molecule has 0 aliphatic heterocycles. The lowest BCUT2D eigenvalue weighted by atomic mass is 10.1. The Kier molecular flexibility index (Phi) is 4.49. The second kappa shape index (κ2) is 5.68. The van der Waals surface area contributed by atoms with Crippen LogP contribution in [0.5, 0.6) is 5.75 Å². The van der Waals surface area contributed by atoms with Gasteiger partial charge in [-0.1, -0.05) is 0 Å². The molecule has 0 radical (unpaired) electrons. The fourth-order valence-electron chi connectivity index (χ4n) is 1.22. The number of carbonyl (C=O) groups is 1. The standard InChI is InChI=1S/C12H17NO5/c1-12(2,3)13-11(16)7-18-10-6-17-8(5-14)4-9(10)15/h4,6,14H,5,7H2,1-3H3,(H,13,16). The summed E-state index contributed by atoms with van der Waals surface area (Å²) in [5.74, 6) is -0.240. The third kappa shape index (κ3) is 4.58. The Balaban J connectivity index is 2.59. The maximum atomic E-state index is 11.5. The number of carbonyl (C=O) groups excluding carboxylic acids is 1. The van der Waals surface area contributed by atoms with Crippen LogP contribution in [-0.2, 0) is 11.4 Å². The fourth-order valence-corrected chi connectivity index (χ4v) is 1.22. The minimum Gasteiger partial charge on any atom is -0.477 e. The molecule has 2 N–H and O–H groups in total. The molecule has 6 nitrogen and oxygen atoms in total. The first-order chi connectivity index (χ1) is 8.31. The average molecular weight is 255 g/mol. The summed E-state index contributed by atoms with van der Waals surface area (Å²) in [5.41, 5.74) is -0.792. The first-order valence-corrected chi connectivity index (χ1v) is 5.48. The summed E-state index contributed by atoms with van der Waals surface area (Å²) in [6, 6.07) is 1.12. The highest BCUT2D eigenvalue weighted by Gasteiger charge is 2.14. The Morgan fingerprint density at radius 2 is 2.17 bits per heavy atom. The Bertz CT molecular complexity index is 472. The zero-order valence-electron chi connectivity index (χ0n) is 10.6. The fraction of sp³-hybridized carbons (Fsp3) is 0.500. The third-order valence-corrected chi connectivity index (χ3v) is 1.88. The molecule has 1 aromatic rings. The number of rotatable bonds is 4. The first kappa shape index (κ1) is 14.2. The van der Waals surface area contributed by atoms with Gasteiger partial charge < -0.3 is 19.6 Å². The smallest absolute Gasteiger partial charge is 0.258 e. The van der Waals surface area contributed by atoms with Crippen LogP contribution < -0.4 is 15.5 Å². The lowest BCUT2D eigenvalue weighted by molar-refractivity contribution is -0.124. The van der Waals surface area contributed by atoms with Gasteiger partial charge in [-0.15, -0.1) is 0 Å². The van der Waals surface area contributed by atoms with E-state index in [-0.39, 0.29) is 36.2 Å². The van der Waals surface area contributed by atoms with Crippen LogP contribution in [-0.4, -0.2) is 23.2 Å². The van der Waals surface area contributed by atoms with Crippen molar-refractivity contribution in [1.29, 1.82) is 0 Å². The van der Waals surface area contributed by atoms with Gasteiger partial charge in [0.2, 0.25) is 11.2 Å². The summed E-state index contributed by atoms with van der Waals surface area (Å²) >= 11 is 0. The zero-order valence-corrected chi connectivity index (χ0v) is 10.6. The predicted molar refractivity (Wildman–Crippen MR) is 64.3 cm³/mol. The summed E-state index contributed by atoms with van der Waals surface area (Å²) in [6.45, 7) is 4.90. The predicted octanol–water partition coefficient (Wildman–Crippen LogP) is 0.426. The maximum Gasteiger partial charge on any atom is 0.258 e. The van der Waals surface area contributed by atoms with Crippen molar-refractivity contribution in [2.24, 2.45) is 0 Å². The lowest BCUT2D eigenvalue weighted by Gasteiger charge is -2.20. The largest absolute Gasteiger partial charge is 0.477 e. The van der Waals surface area contributed by atoms with E-state index in [2.05, 4.69) is 5.32 Å². The number of hydrogen-bond donors (Lipinski definition) is 2. The molecule has 6 heteroatoms. The van der Waals surface area contributed by atoms with Gasteiger partial charge in [-0.3, -0.25) is 9.59 Å². The molecule has 1 rings (SSSR count). The molecule has 1 heterocycles. The van der Waals surface area contributed by atoms with Gasteiger partial charge in [0, 0.05) is 11.6 Å². The summed E-state index contributed by atoms with van der Waals surface area (Å²) in [6.07, 6.45) is 1.08. The molecule has 100 valence electrons. The Morgan fingerprint density at radius 3 is 2.67 bits per heavy atom. The molecule has 1 aromatic heterocycles. The van der Waals surface area contributed by atoms with Crippen LogP contribution in [0.25, 0.3) is 0 Å². The van der Waals surface area contributed by atoms with Gasteiger partial charge in [0.05, 0.1) is 0 Å². The van der Waals surface area contributed by atoms with E-state index >= 15 is 0 Å². The number of aliphatic hydroxyl groups excluding tert-OH is 1. The van der Waals surface area contributed by atoms with E-state index in [0.717, 1.165) is 12.3 Å². The van der Waals surface area contributed by atoms with Crippen LogP contribution in [0.15, 0.2) is 21.5 Å². The Labute approximate surface area is 105 Å². The molecule has 0 saturated carbocycles. The average Bonchev–Trinajstić information content (AvgIpc) is 2.25. The minimum absolute atomic E-state index is 0.0590. The zero-order chi connectivity index (χ0) is 13.8. The van der Waals surface area contributed by atoms with Gasteiger partial charge in [0.15, 0.2) is 6.61 Å². The first-order valence-electron chi connectivity index (χ1n) is 5.48. The molecule has 0 fully saturated rings. The van der Waals surface area contributed by atoms with E-state index in [1.165, 1.54) is 0 Å². The molecular formula is C12H17NO5. The van der Waals surface area contributed by atoms with Gasteiger partial charge >= 0.3 is 0 Å². The van der Waals surface area contributed by atoms with Gasteiger partial charge in [-0.2, -0.15) is 0 Å². The molecule has 0 aromatic carbocycles. The van der Waals surface area contributed by atoms with Crippen molar-refractivity contribution < 1.29 is 19.1 Å². The van der Waals surface area contributed by atoms with Gasteiger partial charge in [0.1, 0.15) is 18.6 Å². The summed E-state index contributed by atoms with van der Waals surface area (Å²) < 4.78 is 9.96. The van der Waals surface area contributed by atoms with Crippen molar-refractivity contribution in [2.45, 2.75) is 32.9 Å². The van der Waals surface area contributed by atoms with Gasteiger partial charge in [0.25, 0.3) is 5.91 Å². The maximum absolute atomic E-state index is 11.5. The van der Waals surface area contributed by atoms with Crippen molar-refractivity contribution in [3.05, 3.63) is 28.3 Å². The van der Waals surface area contributed by atoms with Crippen molar-refractivity contribution in [1.82, 2.24) is 5.32 Å². The van der Waals surface area contributed by atoms with Crippen molar-refractivity contribution >= 4 is 5.91 Å². The summed E-state index contributed by atoms with van der Waals surface area (Å²) in [4.78, 5) is 22.9. The van der Waals surface area contributed by atoms with Crippen molar-refractivity contribution in [2.75, 3.05) is 6.61 Å². The SMILES string of the molecule is CC(C)(C)NC(=O)COc1coc(CO)cc1=O. The molecule has 0 unspecified atom stereocenters. The number of nitrogens with one attached hydrogen (secondary N) is 1. The van der Waals surface area contributed by atoms with E-state index in [4.69, 9.17) is 14.3 Å². The molecule has 0 aliphatic carbocycles. The number of hydrogen-bond acceptors (Lipinski definition) is 5. The van der Waals surface area contributed by atoms with Crippen molar-refractivity contribution in [3.63, 3.8) is 0 Å². The molecule has 1 amide bonds. The lowest BCUT2D eigenvalue weighted by Crippen LogP contribution is -2.43. The van der Waals surface area contributed by atoms with Gasteiger partial charge in [-0.05, 0) is 20.8 Å². The Morgan fingerprint density at radius 1 is 1.50 bits per heavy atom. The van der Waals surface area contributed by atoms with Crippen LogP contribution in [0.3, 0.4) is 0 Å². The second-order valence-corrected chi connectivity index (χ2v) is 4.82. The summed E-state index contributed by atoms with van der Waals surface area (Å²) in [7, 11) is 0. The number of aliphatic hydroxyl groups is 1. The topological polar surface area (TPSA) is 88.8 Å². The monoisotopic (exact) mass is 255 g/mol. The molecule has 0 atom stereocenters. The van der Waals surface area contributed by atoms with E-state index < -0.39 is 5.43 Å². The van der Waals surface area contributed by atoms with Crippen molar-refractivity contribution in [3.8, 4) is 5.75 Å². The molecule has 0 spiro atoms. The normalized spacial score (nSPS) is 11.1. The number of amides is 1. The van der Waals surface area contributed by atoms with Crippen LogP contribution in [0.4, 0.5) is 0 Å². The van der Waals surface area contributed by atoms with Crippen LogP contribution in [0.2, 0.25) is 0 Å². The second-order valence-electron chi connectivity index (χ2n) is 4.82. The molecular weight excluding hydrogens is 238 g/mol. The molecule has 18 heavy (non-hydrogen) atoms. The Hall–Kier alpha value is -1.82. The highest BCUT2D eigenvalue weighted by Crippen LogP contribution is 2.06. The van der Waals surface area contributed by atoms with Crippen LogP contribution >= 0.6 is 0 Å². The van der Waals surface area contributed by atoms with Gasteiger partial charge in [-0.25, -0.2) is 0 Å². The highest BCUT2D eigenvalue weighted by atomic mass is 16.5. The molecule has 0 bridgehead atoms. The quantitative estimate of drug-likeness (QED) is 0.814. The van der Waals surface area contributed by atoms with Crippen LogP contribution in [0.1, 0.15) is 26.5 Å². The van der Waals surface area contributed by atoms with E-state index in [9.17, 15) is 9.59 Å². The van der Waals surface area contributed by atoms with E-state index in [1.54, 1.807) is 0 Å². The summed E-state index contributed by atoms with van der Waals surface area (Å²) in [5, 5.41) is 11.5.